The molecule has 0 aliphatic carbocycles. The van der Waals surface area contributed by atoms with Gasteiger partial charge in [0.2, 0.25) is 11.8 Å². The number of ether oxygens (including phenoxy) is 1. The maximum Gasteiger partial charge on any atom is 0.345 e. The molecule has 0 bridgehead atoms. The van der Waals surface area contributed by atoms with Crippen LogP contribution in [0.1, 0.15) is 19.8 Å². The summed E-state index contributed by atoms with van der Waals surface area (Å²) in [4.78, 5) is 40.8. The fourth-order valence-corrected chi connectivity index (χ4v) is 4.47. The van der Waals surface area contributed by atoms with Crippen LogP contribution >= 0.6 is 11.8 Å². The van der Waals surface area contributed by atoms with Crippen molar-refractivity contribution in [1.29, 1.82) is 0 Å². The van der Waals surface area contributed by atoms with Gasteiger partial charge in [0.05, 0.1) is 18.0 Å². The third kappa shape index (κ3) is 5.49. The first-order chi connectivity index (χ1) is 16.5. The third-order valence-corrected chi connectivity index (χ3v) is 6.10. The lowest BCUT2D eigenvalue weighted by molar-refractivity contribution is -0.124. The molecule has 0 unspecified atom stereocenters. The quantitative estimate of drug-likeness (QED) is 0.442. The fraction of sp³-hybridized carbons (Fsp3) is 0.160. The van der Waals surface area contributed by atoms with E-state index in [1.807, 2.05) is 55.5 Å². The van der Waals surface area contributed by atoms with Gasteiger partial charge in [0.1, 0.15) is 5.75 Å². The highest BCUT2D eigenvalue weighted by atomic mass is 32.2. The van der Waals surface area contributed by atoms with Gasteiger partial charge in [0, 0.05) is 28.3 Å². The summed E-state index contributed by atoms with van der Waals surface area (Å²) in [5, 5.41) is 2.73. The van der Waals surface area contributed by atoms with Crippen LogP contribution in [-0.2, 0) is 9.59 Å². The predicted octanol–water partition coefficient (Wildman–Crippen LogP) is 4.85. The second kappa shape index (κ2) is 10.8. The largest absolute Gasteiger partial charge is 0.494 e. The predicted molar refractivity (Wildman–Crippen MR) is 131 cm³/mol. The standard InChI is InChI=1S/C25H24N4O4S/c1-2-33-18-13-11-17(12-14-18)26-23(30)15-16-24(31)27-28-25(32)29-19-7-3-5-9-21(19)34-22-10-6-4-8-20(22)29/h3-14H,2,15-16H2,1H3,(H,26,30)(H,27,31)(H,28,32). The molecule has 3 N–H and O–H groups in total. The lowest BCUT2D eigenvalue weighted by Crippen LogP contribution is -2.48. The first-order valence-electron chi connectivity index (χ1n) is 10.8. The average Bonchev–Trinajstić information content (AvgIpc) is 2.86. The van der Waals surface area contributed by atoms with Gasteiger partial charge in [-0.1, -0.05) is 36.0 Å². The summed E-state index contributed by atoms with van der Waals surface area (Å²) < 4.78 is 5.37. The zero-order valence-electron chi connectivity index (χ0n) is 18.5. The molecule has 1 aliphatic rings. The lowest BCUT2D eigenvalue weighted by Gasteiger charge is -2.30. The number of nitrogens with one attached hydrogen (secondary N) is 3. The van der Waals surface area contributed by atoms with Gasteiger partial charge in [-0.3, -0.25) is 19.9 Å². The highest BCUT2D eigenvalue weighted by molar-refractivity contribution is 7.99. The minimum absolute atomic E-state index is 0.0268. The number of urea groups is 1. The van der Waals surface area contributed by atoms with Crippen molar-refractivity contribution in [1.82, 2.24) is 10.9 Å². The smallest absolute Gasteiger partial charge is 0.345 e. The highest BCUT2D eigenvalue weighted by Gasteiger charge is 2.28. The topological polar surface area (TPSA) is 99.8 Å². The summed E-state index contributed by atoms with van der Waals surface area (Å²) in [7, 11) is 0. The molecule has 0 saturated heterocycles. The molecule has 4 rings (SSSR count). The number of hydrazine groups is 1. The summed E-state index contributed by atoms with van der Waals surface area (Å²) in [5.41, 5.74) is 6.93. The van der Waals surface area contributed by atoms with Crippen LogP contribution in [0, 0.1) is 0 Å². The van der Waals surface area contributed by atoms with Crippen LogP contribution in [0.5, 0.6) is 5.75 Å². The van der Waals surface area contributed by atoms with Crippen molar-refractivity contribution >= 4 is 46.7 Å². The minimum atomic E-state index is -0.493. The maximum absolute atomic E-state index is 13.0. The van der Waals surface area contributed by atoms with E-state index in [1.54, 1.807) is 36.0 Å². The number of amides is 4. The van der Waals surface area contributed by atoms with Crippen LogP contribution in [0.2, 0.25) is 0 Å². The number of anilines is 3. The normalized spacial score (nSPS) is 11.6. The van der Waals surface area contributed by atoms with E-state index < -0.39 is 11.9 Å². The van der Waals surface area contributed by atoms with E-state index in [4.69, 9.17) is 4.74 Å². The van der Waals surface area contributed by atoms with Gasteiger partial charge >= 0.3 is 6.03 Å². The van der Waals surface area contributed by atoms with E-state index in [9.17, 15) is 14.4 Å². The zero-order valence-corrected chi connectivity index (χ0v) is 19.4. The molecule has 4 amide bonds. The van der Waals surface area contributed by atoms with Crippen LogP contribution in [0.15, 0.2) is 82.6 Å². The van der Waals surface area contributed by atoms with Crippen molar-refractivity contribution in [3.8, 4) is 5.75 Å². The van der Waals surface area contributed by atoms with E-state index in [1.165, 1.54) is 4.90 Å². The van der Waals surface area contributed by atoms with Crippen molar-refractivity contribution < 1.29 is 19.1 Å². The molecular formula is C25H24N4O4S. The molecule has 9 heteroatoms. The van der Waals surface area contributed by atoms with Crippen molar-refractivity contribution in [2.24, 2.45) is 0 Å². The third-order valence-electron chi connectivity index (χ3n) is 4.97. The van der Waals surface area contributed by atoms with Gasteiger partial charge in [0.25, 0.3) is 0 Å². The van der Waals surface area contributed by atoms with Crippen molar-refractivity contribution in [3.63, 3.8) is 0 Å². The Hall–Kier alpha value is -3.98. The molecule has 174 valence electrons. The molecule has 8 nitrogen and oxygen atoms in total. The number of fused-ring (bicyclic) bond motifs is 2. The summed E-state index contributed by atoms with van der Waals surface area (Å²) in [6.07, 6.45) is -0.104. The Morgan fingerprint density at radius 2 is 1.38 bits per heavy atom. The second-order valence-electron chi connectivity index (χ2n) is 7.36. The van der Waals surface area contributed by atoms with Crippen LogP contribution in [0.25, 0.3) is 0 Å². The summed E-state index contributed by atoms with van der Waals surface area (Å²) in [6, 6.07) is 21.6. The lowest BCUT2D eigenvalue weighted by atomic mass is 10.2. The molecule has 34 heavy (non-hydrogen) atoms. The Balaban J connectivity index is 1.30. The van der Waals surface area contributed by atoms with Gasteiger partial charge in [-0.05, 0) is 55.5 Å². The molecule has 0 spiro atoms. The summed E-state index contributed by atoms with van der Waals surface area (Å²) >= 11 is 1.58. The Morgan fingerprint density at radius 1 is 0.794 bits per heavy atom. The van der Waals surface area contributed by atoms with Crippen LogP contribution < -0.4 is 25.8 Å². The Morgan fingerprint density at radius 3 is 2.00 bits per heavy atom. The van der Waals surface area contributed by atoms with E-state index in [-0.39, 0.29) is 18.7 Å². The fourth-order valence-electron chi connectivity index (χ4n) is 3.42. The number of para-hydroxylation sites is 2. The highest BCUT2D eigenvalue weighted by Crippen LogP contribution is 2.47. The average molecular weight is 477 g/mol. The molecule has 0 radical (unpaired) electrons. The molecule has 0 fully saturated rings. The SMILES string of the molecule is CCOc1ccc(NC(=O)CCC(=O)NNC(=O)N2c3ccccc3Sc3ccccc32)cc1. The van der Waals surface area contributed by atoms with E-state index in [0.29, 0.717) is 18.0 Å². The second-order valence-corrected chi connectivity index (χ2v) is 8.44. The number of carbonyl (C=O) groups excluding carboxylic acids is 3. The van der Waals surface area contributed by atoms with Crippen LogP contribution in [0.4, 0.5) is 21.9 Å². The van der Waals surface area contributed by atoms with Gasteiger partial charge in [-0.2, -0.15) is 0 Å². The number of rotatable bonds is 6. The number of carbonyl (C=O) groups is 3. The zero-order chi connectivity index (χ0) is 23.9. The molecule has 0 atom stereocenters. The van der Waals surface area contributed by atoms with E-state index in [2.05, 4.69) is 16.2 Å². The first-order valence-corrected chi connectivity index (χ1v) is 11.6. The first kappa shape index (κ1) is 23.2. The van der Waals surface area contributed by atoms with Crippen LogP contribution in [0.3, 0.4) is 0 Å². The Bertz CT molecular complexity index is 1150. The van der Waals surface area contributed by atoms with Gasteiger partial charge < -0.3 is 10.1 Å². The molecule has 1 aliphatic heterocycles. The van der Waals surface area contributed by atoms with Gasteiger partial charge in [-0.25, -0.2) is 10.2 Å². The molecule has 1 heterocycles. The summed E-state index contributed by atoms with van der Waals surface area (Å²) in [6.45, 7) is 2.46. The van der Waals surface area contributed by atoms with Crippen molar-refractivity contribution in [2.75, 3.05) is 16.8 Å². The number of hydrogen-bond acceptors (Lipinski definition) is 5. The monoisotopic (exact) mass is 476 g/mol. The number of hydrogen-bond donors (Lipinski definition) is 3. The van der Waals surface area contributed by atoms with Crippen molar-refractivity contribution in [2.45, 2.75) is 29.6 Å². The molecule has 0 saturated carbocycles. The molecule has 3 aromatic carbocycles. The summed E-state index contributed by atoms with van der Waals surface area (Å²) in [5.74, 6) is -0.0575. The molecule has 0 aromatic heterocycles. The molecule has 3 aromatic rings. The van der Waals surface area contributed by atoms with Gasteiger partial charge in [-0.15, -0.1) is 0 Å². The van der Waals surface area contributed by atoms with Crippen molar-refractivity contribution in [3.05, 3.63) is 72.8 Å². The molecular weight excluding hydrogens is 452 g/mol. The Labute approximate surface area is 201 Å². The maximum atomic E-state index is 13.0. The Kier molecular flexibility index (Phi) is 7.34. The number of benzene rings is 3. The minimum Gasteiger partial charge on any atom is -0.494 e. The van der Waals surface area contributed by atoms with Crippen LogP contribution in [-0.4, -0.2) is 24.5 Å². The van der Waals surface area contributed by atoms with E-state index >= 15 is 0 Å². The van der Waals surface area contributed by atoms with E-state index in [0.717, 1.165) is 21.2 Å². The van der Waals surface area contributed by atoms with Gasteiger partial charge in [0.15, 0.2) is 0 Å². The number of nitrogens with zero attached hydrogens (tertiary/aromatic N) is 1.